The first-order valence-corrected chi connectivity index (χ1v) is 6.74. The van der Waals surface area contributed by atoms with Crippen LogP contribution in [0.1, 0.15) is 11.1 Å². The van der Waals surface area contributed by atoms with Crippen LogP contribution < -0.4 is 0 Å². The number of benzene rings is 1. The van der Waals surface area contributed by atoms with E-state index >= 15 is 0 Å². The third-order valence-corrected chi connectivity index (χ3v) is 3.61. The summed E-state index contributed by atoms with van der Waals surface area (Å²) in [5, 5.41) is 8.82. The molecule has 4 heteroatoms. The second-order valence-electron chi connectivity index (χ2n) is 4.86. The molecule has 2 atom stereocenters. The quantitative estimate of drug-likeness (QED) is 0.828. The van der Waals surface area contributed by atoms with E-state index in [4.69, 9.17) is 14.6 Å². The van der Waals surface area contributed by atoms with Crippen LogP contribution in [0, 0.1) is 11.8 Å². The average Bonchev–Trinajstić information content (AvgIpc) is 2.88. The van der Waals surface area contributed by atoms with Crippen molar-refractivity contribution in [1.29, 1.82) is 0 Å². The largest absolute Gasteiger partial charge is 0.384 e. The normalized spacial score (nSPS) is 22.6. The van der Waals surface area contributed by atoms with Crippen molar-refractivity contribution in [3.05, 3.63) is 35.4 Å². The van der Waals surface area contributed by atoms with Gasteiger partial charge in [0.15, 0.2) is 0 Å². The first-order chi connectivity index (χ1) is 9.78. The molecule has 1 N–H and O–H groups in total. The summed E-state index contributed by atoms with van der Waals surface area (Å²) in [5.74, 6) is 5.71. The Hall–Kier alpha value is -1.38. The zero-order valence-corrected chi connectivity index (χ0v) is 12.0. The highest BCUT2D eigenvalue weighted by molar-refractivity contribution is 5.41. The minimum Gasteiger partial charge on any atom is -0.384 e. The fourth-order valence-electron chi connectivity index (χ4n) is 2.56. The summed E-state index contributed by atoms with van der Waals surface area (Å²) in [6, 6.07) is 8.03. The first kappa shape index (κ1) is 15.0. The fourth-order valence-corrected chi connectivity index (χ4v) is 2.56. The van der Waals surface area contributed by atoms with Crippen molar-refractivity contribution in [1.82, 2.24) is 4.90 Å². The fraction of sp³-hybridized carbons (Fsp3) is 0.500. The molecule has 0 spiro atoms. The van der Waals surface area contributed by atoms with Gasteiger partial charge in [-0.25, -0.2) is 0 Å². The highest BCUT2D eigenvalue weighted by atomic mass is 16.5. The maximum Gasteiger partial charge on any atom is 0.104 e. The summed E-state index contributed by atoms with van der Waals surface area (Å²) in [4.78, 5) is 2.31. The van der Waals surface area contributed by atoms with Gasteiger partial charge in [0.25, 0.3) is 0 Å². The lowest BCUT2D eigenvalue weighted by molar-refractivity contribution is -0.00461. The smallest absolute Gasteiger partial charge is 0.104 e. The van der Waals surface area contributed by atoms with Crippen molar-refractivity contribution in [3.63, 3.8) is 0 Å². The molecule has 1 aromatic rings. The zero-order valence-electron chi connectivity index (χ0n) is 12.0. The Labute approximate surface area is 120 Å². The number of likely N-dealkylation sites (tertiary alicyclic amines) is 1. The molecule has 1 fully saturated rings. The van der Waals surface area contributed by atoms with Crippen LogP contribution in [0.15, 0.2) is 24.3 Å². The van der Waals surface area contributed by atoms with E-state index < -0.39 is 0 Å². The zero-order chi connectivity index (χ0) is 14.4. The topological polar surface area (TPSA) is 41.9 Å². The molecular formula is C16H21NO3. The molecule has 1 saturated heterocycles. The van der Waals surface area contributed by atoms with E-state index in [0.29, 0.717) is 0 Å². The summed E-state index contributed by atoms with van der Waals surface area (Å²) in [6.07, 6.45) is 0.242. The highest BCUT2D eigenvalue weighted by Crippen LogP contribution is 2.19. The monoisotopic (exact) mass is 275 g/mol. The second-order valence-corrected chi connectivity index (χ2v) is 4.86. The molecule has 108 valence electrons. The minimum absolute atomic E-state index is 0.116. The predicted molar refractivity (Wildman–Crippen MR) is 77.3 cm³/mol. The van der Waals surface area contributed by atoms with Crippen LogP contribution in [0.25, 0.3) is 0 Å². The van der Waals surface area contributed by atoms with Crippen molar-refractivity contribution in [2.24, 2.45) is 0 Å². The highest BCUT2D eigenvalue weighted by Gasteiger charge is 2.32. The van der Waals surface area contributed by atoms with Gasteiger partial charge in [-0.2, -0.15) is 0 Å². The maximum atomic E-state index is 8.82. The maximum absolute atomic E-state index is 8.82. The van der Waals surface area contributed by atoms with Crippen LogP contribution in [0.2, 0.25) is 0 Å². The van der Waals surface area contributed by atoms with Crippen LogP contribution in [-0.2, 0) is 16.0 Å². The Morgan fingerprint density at radius 1 is 1.20 bits per heavy atom. The molecule has 2 unspecified atom stereocenters. The molecule has 0 amide bonds. The van der Waals surface area contributed by atoms with Gasteiger partial charge in [-0.3, -0.25) is 4.90 Å². The molecule has 0 aliphatic carbocycles. The van der Waals surface area contributed by atoms with Gasteiger partial charge < -0.3 is 14.6 Å². The number of aliphatic hydroxyl groups is 1. The number of nitrogens with zero attached hydrogens (tertiary/aromatic N) is 1. The van der Waals surface area contributed by atoms with Gasteiger partial charge in [0.05, 0.1) is 12.2 Å². The van der Waals surface area contributed by atoms with Crippen LogP contribution >= 0.6 is 0 Å². The summed E-state index contributed by atoms with van der Waals surface area (Å²) in [7, 11) is 3.45. The Morgan fingerprint density at radius 3 is 2.45 bits per heavy atom. The van der Waals surface area contributed by atoms with Crippen LogP contribution in [0.5, 0.6) is 0 Å². The molecule has 1 aliphatic rings. The molecule has 0 radical (unpaired) electrons. The van der Waals surface area contributed by atoms with Gasteiger partial charge in [-0.15, -0.1) is 0 Å². The lowest BCUT2D eigenvalue weighted by atomic mass is 10.1. The lowest BCUT2D eigenvalue weighted by Gasteiger charge is -2.16. The van der Waals surface area contributed by atoms with Crippen molar-refractivity contribution in [3.8, 4) is 11.8 Å². The molecular weight excluding hydrogens is 254 g/mol. The van der Waals surface area contributed by atoms with E-state index in [1.807, 2.05) is 18.2 Å². The van der Waals surface area contributed by atoms with E-state index in [2.05, 4.69) is 22.8 Å². The Balaban J connectivity index is 2.07. The summed E-state index contributed by atoms with van der Waals surface area (Å²) >= 11 is 0. The molecule has 4 nitrogen and oxygen atoms in total. The summed E-state index contributed by atoms with van der Waals surface area (Å²) in [5.41, 5.74) is 2.14. The SMILES string of the molecule is COC1CN(Cc2ccccc2C#CCO)CC1OC. The van der Waals surface area contributed by atoms with Crippen molar-refractivity contribution in [2.45, 2.75) is 18.8 Å². The number of aliphatic hydroxyl groups excluding tert-OH is 1. The molecule has 1 aliphatic heterocycles. The number of methoxy groups -OCH3 is 2. The standard InChI is InChI=1S/C16H21NO3/c1-19-15-11-17(12-16(15)20-2)10-14-7-4-3-6-13(14)8-5-9-18/h3-4,6-7,15-16,18H,9-12H2,1-2H3. The van der Waals surface area contributed by atoms with Gasteiger partial charge in [-0.05, 0) is 11.6 Å². The second kappa shape index (κ2) is 7.41. The third kappa shape index (κ3) is 3.59. The van der Waals surface area contributed by atoms with Gasteiger partial charge in [0.2, 0.25) is 0 Å². The lowest BCUT2D eigenvalue weighted by Crippen LogP contribution is -2.27. The van der Waals surface area contributed by atoms with E-state index in [-0.39, 0.29) is 18.8 Å². The third-order valence-electron chi connectivity index (χ3n) is 3.61. The Bertz CT molecular complexity index is 480. The minimum atomic E-state index is -0.116. The van der Waals surface area contributed by atoms with Crippen molar-refractivity contribution in [2.75, 3.05) is 33.9 Å². The van der Waals surface area contributed by atoms with E-state index in [1.165, 1.54) is 5.56 Å². The molecule has 0 saturated carbocycles. The van der Waals surface area contributed by atoms with Crippen LogP contribution in [0.4, 0.5) is 0 Å². The van der Waals surface area contributed by atoms with E-state index in [0.717, 1.165) is 25.2 Å². The predicted octanol–water partition coefficient (Wildman–Crippen LogP) is 0.876. The van der Waals surface area contributed by atoms with Crippen molar-refractivity contribution >= 4 is 0 Å². The van der Waals surface area contributed by atoms with Crippen molar-refractivity contribution < 1.29 is 14.6 Å². The molecule has 1 aromatic carbocycles. The van der Waals surface area contributed by atoms with E-state index in [1.54, 1.807) is 14.2 Å². The number of ether oxygens (including phenoxy) is 2. The number of hydrogen-bond acceptors (Lipinski definition) is 4. The number of rotatable bonds is 4. The molecule has 0 aromatic heterocycles. The first-order valence-electron chi connectivity index (χ1n) is 6.74. The molecule has 0 bridgehead atoms. The Kier molecular flexibility index (Phi) is 5.57. The molecule has 2 rings (SSSR count). The van der Waals surface area contributed by atoms with Crippen LogP contribution in [-0.4, -0.2) is 56.1 Å². The summed E-state index contributed by atoms with van der Waals surface area (Å²) < 4.78 is 10.9. The van der Waals surface area contributed by atoms with Gasteiger partial charge >= 0.3 is 0 Å². The number of hydrogen-bond donors (Lipinski definition) is 1. The van der Waals surface area contributed by atoms with Gasteiger partial charge in [0, 0.05) is 39.4 Å². The van der Waals surface area contributed by atoms with Gasteiger partial charge in [0.1, 0.15) is 6.61 Å². The Morgan fingerprint density at radius 2 is 1.85 bits per heavy atom. The van der Waals surface area contributed by atoms with Crippen LogP contribution in [0.3, 0.4) is 0 Å². The summed E-state index contributed by atoms with van der Waals surface area (Å²) in [6.45, 7) is 2.42. The molecule has 1 heterocycles. The van der Waals surface area contributed by atoms with E-state index in [9.17, 15) is 0 Å². The average molecular weight is 275 g/mol. The molecule has 20 heavy (non-hydrogen) atoms. The van der Waals surface area contributed by atoms with Gasteiger partial charge in [-0.1, -0.05) is 30.0 Å².